The highest BCUT2D eigenvalue weighted by atomic mass is 19.1. The Kier molecular flexibility index (Phi) is 4.30. The van der Waals surface area contributed by atoms with Crippen molar-refractivity contribution in [3.63, 3.8) is 0 Å². The molecule has 0 amide bonds. The Morgan fingerprint density at radius 3 is 2.33 bits per heavy atom. The molecule has 0 spiro atoms. The van der Waals surface area contributed by atoms with E-state index < -0.39 is 6.17 Å². The van der Waals surface area contributed by atoms with Crippen LogP contribution in [0, 0.1) is 11.3 Å². The predicted octanol–water partition coefficient (Wildman–Crippen LogP) is 3.91. The summed E-state index contributed by atoms with van der Waals surface area (Å²) < 4.78 is 12.9. The fraction of sp³-hybridized carbons (Fsp3) is 0.923. The summed E-state index contributed by atoms with van der Waals surface area (Å²) in [5.74, 6) is -0.0799. The maximum atomic E-state index is 12.9. The predicted molar refractivity (Wildman–Crippen MR) is 60.6 cm³/mol. The quantitative estimate of drug-likeness (QED) is 0.628. The van der Waals surface area contributed by atoms with Crippen molar-refractivity contribution in [3.05, 3.63) is 0 Å². The molecule has 15 heavy (non-hydrogen) atoms. The highest BCUT2D eigenvalue weighted by molar-refractivity contribution is 5.89. The zero-order valence-corrected chi connectivity index (χ0v) is 10.2. The molecule has 88 valence electrons. The topological polar surface area (TPSA) is 17.1 Å². The maximum Gasteiger partial charge on any atom is 0.144 e. The van der Waals surface area contributed by atoms with Gasteiger partial charge in [-0.1, -0.05) is 40.0 Å². The molecule has 0 heterocycles. The summed E-state index contributed by atoms with van der Waals surface area (Å²) in [4.78, 5) is 12.1. The summed E-state index contributed by atoms with van der Waals surface area (Å²) >= 11 is 0. The van der Waals surface area contributed by atoms with Gasteiger partial charge in [-0.2, -0.15) is 0 Å². The van der Waals surface area contributed by atoms with Gasteiger partial charge in [-0.25, -0.2) is 4.39 Å². The number of ketones is 1. The summed E-state index contributed by atoms with van der Waals surface area (Å²) in [5.41, 5.74) is -0.254. The average molecular weight is 214 g/mol. The van der Waals surface area contributed by atoms with Gasteiger partial charge in [0.25, 0.3) is 0 Å². The number of carbonyl (C=O) groups is 1. The Labute approximate surface area is 92.4 Å². The molecule has 0 aromatic rings. The average Bonchev–Trinajstić information content (AvgIpc) is 2.92. The zero-order valence-electron chi connectivity index (χ0n) is 10.2. The van der Waals surface area contributed by atoms with Crippen molar-refractivity contribution in [1.29, 1.82) is 0 Å². The summed E-state index contributed by atoms with van der Waals surface area (Å²) in [7, 11) is 0. The zero-order chi connectivity index (χ0) is 11.5. The summed E-state index contributed by atoms with van der Waals surface area (Å²) in [5, 5.41) is 0. The molecule has 1 rings (SSSR count). The van der Waals surface area contributed by atoms with E-state index in [2.05, 4.69) is 13.8 Å². The van der Waals surface area contributed by atoms with Gasteiger partial charge in [0.1, 0.15) is 12.0 Å². The number of hydrogen-bond donors (Lipinski definition) is 0. The lowest BCUT2D eigenvalue weighted by atomic mass is 9.75. The Bertz CT molecular complexity index is 227. The Morgan fingerprint density at radius 2 is 1.93 bits per heavy atom. The monoisotopic (exact) mass is 214 g/mol. The first kappa shape index (κ1) is 12.7. The minimum absolute atomic E-state index is 0.185. The lowest BCUT2D eigenvalue weighted by Crippen LogP contribution is -2.30. The van der Waals surface area contributed by atoms with Crippen LogP contribution in [0.2, 0.25) is 0 Å². The van der Waals surface area contributed by atoms with Gasteiger partial charge in [-0.15, -0.1) is 0 Å². The van der Waals surface area contributed by atoms with Crippen molar-refractivity contribution < 1.29 is 9.18 Å². The summed E-state index contributed by atoms with van der Waals surface area (Å²) in [6.07, 6.45) is 4.67. The second-order valence-electron chi connectivity index (χ2n) is 5.14. The van der Waals surface area contributed by atoms with Gasteiger partial charge in [0.2, 0.25) is 0 Å². The van der Waals surface area contributed by atoms with Crippen molar-refractivity contribution in [2.75, 3.05) is 0 Å². The van der Waals surface area contributed by atoms with Crippen LogP contribution in [0.1, 0.15) is 59.3 Å². The van der Waals surface area contributed by atoms with Gasteiger partial charge >= 0.3 is 0 Å². The molecule has 0 aromatic heterocycles. The number of halogens is 1. The van der Waals surface area contributed by atoms with Crippen LogP contribution in [0.5, 0.6) is 0 Å². The van der Waals surface area contributed by atoms with Crippen LogP contribution in [0.25, 0.3) is 0 Å². The second kappa shape index (κ2) is 5.09. The fourth-order valence-electron chi connectivity index (χ4n) is 2.37. The van der Waals surface area contributed by atoms with Gasteiger partial charge in [0.05, 0.1) is 5.92 Å². The summed E-state index contributed by atoms with van der Waals surface area (Å²) in [6.45, 7) is 6.25. The molecule has 1 nitrogen and oxygen atoms in total. The van der Waals surface area contributed by atoms with Gasteiger partial charge in [-0.05, 0) is 19.3 Å². The minimum Gasteiger partial charge on any atom is -0.299 e. The third-order valence-corrected chi connectivity index (χ3v) is 3.53. The Morgan fingerprint density at radius 1 is 1.33 bits per heavy atom. The number of unbranched alkanes of at least 4 members (excludes halogenated alkanes) is 1. The maximum absolute atomic E-state index is 12.9. The van der Waals surface area contributed by atoms with E-state index in [1.165, 1.54) is 0 Å². The van der Waals surface area contributed by atoms with Gasteiger partial charge < -0.3 is 0 Å². The van der Waals surface area contributed by atoms with Gasteiger partial charge in [0.15, 0.2) is 0 Å². The van der Waals surface area contributed by atoms with Gasteiger partial charge in [-0.3, -0.25) is 4.79 Å². The molecule has 1 aliphatic carbocycles. The van der Waals surface area contributed by atoms with E-state index in [0.29, 0.717) is 6.42 Å². The van der Waals surface area contributed by atoms with Crippen molar-refractivity contribution >= 4 is 5.78 Å². The van der Waals surface area contributed by atoms with E-state index >= 15 is 0 Å². The lowest BCUT2D eigenvalue weighted by Gasteiger charge is -2.27. The molecular formula is C13H23FO. The second-order valence-corrected chi connectivity index (χ2v) is 5.14. The first-order chi connectivity index (χ1) is 7.05. The van der Waals surface area contributed by atoms with E-state index in [4.69, 9.17) is 0 Å². The molecule has 1 fully saturated rings. The van der Waals surface area contributed by atoms with E-state index in [-0.39, 0.29) is 17.1 Å². The molecule has 1 aliphatic rings. The highest BCUT2D eigenvalue weighted by Crippen LogP contribution is 2.43. The summed E-state index contributed by atoms with van der Waals surface area (Å²) in [6, 6.07) is 0. The van der Waals surface area contributed by atoms with Crippen LogP contribution in [0.4, 0.5) is 4.39 Å². The molecule has 3 unspecified atom stereocenters. The van der Waals surface area contributed by atoms with Crippen LogP contribution < -0.4 is 0 Å². The standard InChI is InChI=1S/C13H23FO/c1-4-6-8-13(3,7-5-2)12(15)10-9-11(10)14/h10-11H,4-9H2,1-3H3. The first-order valence-electron chi connectivity index (χ1n) is 6.23. The number of Topliss-reactive ketones (excluding diaryl/α,β-unsaturated/α-hetero) is 1. The van der Waals surface area contributed by atoms with E-state index in [1.807, 2.05) is 6.92 Å². The SMILES string of the molecule is CCCCC(C)(CCC)C(=O)C1CC1F. The fourth-order valence-corrected chi connectivity index (χ4v) is 2.37. The van der Waals surface area contributed by atoms with E-state index in [0.717, 1.165) is 32.1 Å². The van der Waals surface area contributed by atoms with Gasteiger partial charge in [0, 0.05) is 5.41 Å². The molecular weight excluding hydrogens is 191 g/mol. The molecule has 0 aliphatic heterocycles. The number of carbonyl (C=O) groups excluding carboxylic acids is 1. The van der Waals surface area contributed by atoms with Crippen LogP contribution in [-0.2, 0) is 4.79 Å². The number of rotatable bonds is 7. The minimum atomic E-state index is -0.838. The smallest absolute Gasteiger partial charge is 0.144 e. The normalized spacial score (nSPS) is 28.5. The lowest BCUT2D eigenvalue weighted by molar-refractivity contribution is -0.130. The molecule has 3 atom stereocenters. The molecule has 0 aromatic carbocycles. The number of hydrogen-bond acceptors (Lipinski definition) is 1. The van der Waals surface area contributed by atoms with E-state index in [9.17, 15) is 9.18 Å². The van der Waals surface area contributed by atoms with Crippen LogP contribution in [0.15, 0.2) is 0 Å². The van der Waals surface area contributed by atoms with Crippen LogP contribution in [0.3, 0.4) is 0 Å². The molecule has 0 radical (unpaired) electrons. The van der Waals surface area contributed by atoms with Crippen molar-refractivity contribution in [3.8, 4) is 0 Å². The van der Waals surface area contributed by atoms with Crippen LogP contribution >= 0.6 is 0 Å². The highest BCUT2D eigenvalue weighted by Gasteiger charge is 2.49. The van der Waals surface area contributed by atoms with E-state index in [1.54, 1.807) is 0 Å². The Balaban J connectivity index is 2.58. The molecule has 0 bridgehead atoms. The molecule has 0 N–H and O–H groups in total. The van der Waals surface area contributed by atoms with Crippen molar-refractivity contribution in [2.45, 2.75) is 65.5 Å². The van der Waals surface area contributed by atoms with Crippen molar-refractivity contribution in [1.82, 2.24) is 0 Å². The van der Waals surface area contributed by atoms with Crippen molar-refractivity contribution in [2.24, 2.45) is 11.3 Å². The van der Waals surface area contributed by atoms with Crippen LogP contribution in [-0.4, -0.2) is 12.0 Å². The molecule has 0 saturated heterocycles. The first-order valence-corrected chi connectivity index (χ1v) is 6.23. The molecule has 1 saturated carbocycles. The largest absolute Gasteiger partial charge is 0.299 e. The number of alkyl halides is 1. The third-order valence-electron chi connectivity index (χ3n) is 3.53. The Hall–Kier alpha value is -0.400. The third kappa shape index (κ3) is 3.02. The molecule has 2 heteroatoms.